The molecular weight excluding hydrogens is 394 g/mol. The molecule has 4 rings (SSSR count). The van der Waals surface area contributed by atoms with Crippen LogP contribution in [0.3, 0.4) is 0 Å². The lowest BCUT2D eigenvalue weighted by atomic mass is 9.86. The maximum atomic E-state index is 13.5. The van der Waals surface area contributed by atoms with Crippen molar-refractivity contribution in [2.24, 2.45) is 0 Å². The van der Waals surface area contributed by atoms with E-state index in [0.717, 1.165) is 31.7 Å². The first-order chi connectivity index (χ1) is 13.5. The van der Waals surface area contributed by atoms with Crippen LogP contribution in [0, 0.1) is 13.8 Å². The standard InChI is InChI=1S/C20H27N5O3.ClH/c1-15-14-17(16(2)28-15)18(26)23-10-12-24(13-11-23)19(27)20(4-7-21-8-5-20)25-9-3-6-22-25;/h3,6,9,14,21H,4-5,7-8,10-13H2,1-2H3;1H. The summed E-state index contributed by atoms with van der Waals surface area (Å²) in [5.41, 5.74) is -0.0113. The molecule has 2 aromatic heterocycles. The summed E-state index contributed by atoms with van der Waals surface area (Å²) >= 11 is 0. The quantitative estimate of drug-likeness (QED) is 0.813. The minimum Gasteiger partial charge on any atom is -0.466 e. The van der Waals surface area contributed by atoms with Crippen molar-refractivity contribution in [2.45, 2.75) is 32.2 Å². The van der Waals surface area contributed by atoms with Crippen molar-refractivity contribution in [3.63, 3.8) is 0 Å². The predicted molar refractivity (Wildman–Crippen MR) is 110 cm³/mol. The van der Waals surface area contributed by atoms with E-state index in [2.05, 4.69) is 10.4 Å². The first-order valence-electron chi connectivity index (χ1n) is 9.88. The predicted octanol–water partition coefficient (Wildman–Crippen LogP) is 1.58. The molecule has 0 saturated carbocycles. The van der Waals surface area contributed by atoms with Gasteiger partial charge in [-0.1, -0.05) is 0 Å². The molecule has 0 aliphatic carbocycles. The lowest BCUT2D eigenvalue weighted by molar-refractivity contribution is -0.144. The van der Waals surface area contributed by atoms with Gasteiger partial charge in [0.05, 0.1) is 5.56 Å². The molecule has 1 N–H and O–H groups in total. The Morgan fingerprint density at radius 1 is 1.10 bits per heavy atom. The molecule has 4 heterocycles. The number of carbonyl (C=O) groups is 2. The van der Waals surface area contributed by atoms with Crippen LogP contribution in [-0.2, 0) is 10.3 Å². The van der Waals surface area contributed by atoms with Crippen molar-refractivity contribution < 1.29 is 14.0 Å². The fourth-order valence-electron chi connectivity index (χ4n) is 4.32. The second-order valence-electron chi connectivity index (χ2n) is 7.64. The van der Waals surface area contributed by atoms with Crippen LogP contribution in [0.25, 0.3) is 0 Å². The van der Waals surface area contributed by atoms with Gasteiger partial charge in [-0.25, -0.2) is 0 Å². The molecular formula is C20H28ClN5O3. The summed E-state index contributed by atoms with van der Waals surface area (Å²) in [6, 6.07) is 3.65. The Balaban J connectivity index is 0.00000240. The highest BCUT2D eigenvalue weighted by molar-refractivity contribution is 5.95. The second kappa shape index (κ2) is 8.59. The first kappa shape index (κ1) is 21.4. The SMILES string of the molecule is Cc1cc(C(=O)N2CCN(C(=O)C3(n4cccn4)CCNCC3)CC2)c(C)o1.Cl. The molecule has 2 saturated heterocycles. The average molecular weight is 422 g/mol. The van der Waals surface area contributed by atoms with Gasteiger partial charge in [0.25, 0.3) is 11.8 Å². The summed E-state index contributed by atoms with van der Waals surface area (Å²) in [6.07, 6.45) is 5.05. The number of hydrogen-bond acceptors (Lipinski definition) is 5. The van der Waals surface area contributed by atoms with Crippen LogP contribution in [-0.4, -0.2) is 70.7 Å². The Morgan fingerprint density at radius 3 is 2.31 bits per heavy atom. The van der Waals surface area contributed by atoms with E-state index in [1.807, 2.05) is 40.6 Å². The lowest BCUT2D eigenvalue weighted by Gasteiger charge is -2.43. The molecule has 0 radical (unpaired) electrons. The zero-order chi connectivity index (χ0) is 19.7. The second-order valence-corrected chi connectivity index (χ2v) is 7.64. The van der Waals surface area contributed by atoms with Crippen LogP contribution >= 0.6 is 12.4 Å². The van der Waals surface area contributed by atoms with Crippen LogP contribution < -0.4 is 5.32 Å². The van der Waals surface area contributed by atoms with E-state index < -0.39 is 5.54 Å². The summed E-state index contributed by atoms with van der Waals surface area (Å²) in [7, 11) is 0. The van der Waals surface area contributed by atoms with E-state index in [4.69, 9.17) is 4.42 Å². The van der Waals surface area contributed by atoms with Gasteiger partial charge in [0.2, 0.25) is 0 Å². The normalized spacial score (nSPS) is 19.0. The number of piperazine rings is 1. The third kappa shape index (κ3) is 3.91. The number of aromatic nitrogens is 2. The molecule has 9 heteroatoms. The van der Waals surface area contributed by atoms with Crippen LogP contribution in [0.5, 0.6) is 0 Å². The van der Waals surface area contributed by atoms with Crippen molar-refractivity contribution in [2.75, 3.05) is 39.3 Å². The lowest BCUT2D eigenvalue weighted by Crippen LogP contribution is -2.59. The van der Waals surface area contributed by atoms with Crippen molar-refractivity contribution in [1.82, 2.24) is 24.9 Å². The average Bonchev–Trinajstić information content (AvgIpc) is 3.37. The Hall–Kier alpha value is -2.32. The number of amides is 2. The van der Waals surface area contributed by atoms with Crippen LogP contribution in [0.15, 0.2) is 28.9 Å². The fourth-order valence-corrected chi connectivity index (χ4v) is 4.32. The molecule has 2 aliphatic rings. The van der Waals surface area contributed by atoms with Gasteiger partial charge >= 0.3 is 0 Å². The number of rotatable bonds is 3. The van der Waals surface area contributed by atoms with Gasteiger partial charge in [0, 0.05) is 38.6 Å². The molecule has 2 aliphatic heterocycles. The molecule has 29 heavy (non-hydrogen) atoms. The summed E-state index contributed by atoms with van der Waals surface area (Å²) in [5, 5.41) is 7.72. The summed E-state index contributed by atoms with van der Waals surface area (Å²) < 4.78 is 7.32. The maximum absolute atomic E-state index is 13.5. The van der Waals surface area contributed by atoms with Gasteiger partial charge in [-0.05, 0) is 51.9 Å². The number of halogens is 1. The minimum atomic E-state index is -0.626. The minimum absolute atomic E-state index is 0. The molecule has 2 aromatic rings. The highest BCUT2D eigenvalue weighted by Crippen LogP contribution is 2.30. The number of piperidine rings is 1. The third-order valence-corrected chi connectivity index (χ3v) is 5.90. The van der Waals surface area contributed by atoms with Gasteiger partial charge in [0.15, 0.2) is 0 Å². The van der Waals surface area contributed by atoms with Crippen LogP contribution in [0.1, 0.15) is 34.7 Å². The van der Waals surface area contributed by atoms with E-state index in [0.29, 0.717) is 37.5 Å². The molecule has 0 spiro atoms. The van der Waals surface area contributed by atoms with E-state index in [9.17, 15) is 9.59 Å². The Labute approximate surface area is 176 Å². The highest BCUT2D eigenvalue weighted by atomic mass is 35.5. The van der Waals surface area contributed by atoms with Crippen molar-refractivity contribution in [3.8, 4) is 0 Å². The smallest absolute Gasteiger partial charge is 0.257 e. The monoisotopic (exact) mass is 421 g/mol. The zero-order valence-corrected chi connectivity index (χ0v) is 17.7. The van der Waals surface area contributed by atoms with E-state index in [-0.39, 0.29) is 24.2 Å². The Morgan fingerprint density at radius 2 is 1.76 bits per heavy atom. The van der Waals surface area contributed by atoms with Gasteiger partial charge in [-0.2, -0.15) is 5.10 Å². The van der Waals surface area contributed by atoms with Gasteiger partial charge in [0.1, 0.15) is 17.1 Å². The number of hydrogen-bond donors (Lipinski definition) is 1. The number of nitrogens with zero attached hydrogens (tertiary/aromatic N) is 4. The van der Waals surface area contributed by atoms with E-state index >= 15 is 0 Å². The number of furan rings is 1. The van der Waals surface area contributed by atoms with E-state index in [1.165, 1.54) is 0 Å². The van der Waals surface area contributed by atoms with Crippen molar-refractivity contribution in [3.05, 3.63) is 41.6 Å². The maximum Gasteiger partial charge on any atom is 0.257 e. The fraction of sp³-hybridized carbons (Fsp3) is 0.550. The van der Waals surface area contributed by atoms with E-state index in [1.54, 1.807) is 12.3 Å². The molecule has 8 nitrogen and oxygen atoms in total. The summed E-state index contributed by atoms with van der Waals surface area (Å²) in [6.45, 7) is 7.38. The molecule has 2 fully saturated rings. The summed E-state index contributed by atoms with van der Waals surface area (Å²) in [4.78, 5) is 30.0. The number of carbonyl (C=O) groups excluding carboxylic acids is 2. The van der Waals surface area contributed by atoms with Gasteiger partial charge in [-0.15, -0.1) is 12.4 Å². The molecule has 0 bridgehead atoms. The number of aryl methyl sites for hydroxylation is 2. The van der Waals surface area contributed by atoms with Crippen LogP contribution in [0.4, 0.5) is 0 Å². The summed E-state index contributed by atoms with van der Waals surface area (Å²) in [5.74, 6) is 1.47. The first-order valence-corrected chi connectivity index (χ1v) is 9.88. The van der Waals surface area contributed by atoms with Crippen molar-refractivity contribution >= 4 is 24.2 Å². The molecule has 0 atom stereocenters. The van der Waals surface area contributed by atoms with Gasteiger partial charge in [-0.3, -0.25) is 14.3 Å². The Bertz CT molecular complexity index is 850. The largest absolute Gasteiger partial charge is 0.466 e. The third-order valence-electron chi connectivity index (χ3n) is 5.90. The molecule has 2 amide bonds. The zero-order valence-electron chi connectivity index (χ0n) is 16.9. The molecule has 0 aromatic carbocycles. The van der Waals surface area contributed by atoms with Crippen LogP contribution in [0.2, 0.25) is 0 Å². The Kier molecular flexibility index (Phi) is 6.33. The molecule has 158 valence electrons. The topological polar surface area (TPSA) is 83.6 Å². The molecule has 0 unspecified atom stereocenters. The number of nitrogens with one attached hydrogen (secondary N) is 1. The highest BCUT2D eigenvalue weighted by Gasteiger charge is 2.45. The van der Waals surface area contributed by atoms with Crippen molar-refractivity contribution in [1.29, 1.82) is 0 Å². The van der Waals surface area contributed by atoms with Gasteiger partial charge < -0.3 is 19.5 Å².